The van der Waals surface area contributed by atoms with E-state index in [1.807, 2.05) is 23.6 Å². The third kappa shape index (κ3) is 5.05. The molecule has 0 unspecified atom stereocenters. The lowest BCUT2D eigenvalue weighted by molar-refractivity contribution is -0.116. The fraction of sp³-hybridized carbons (Fsp3) is 0.190. The van der Waals surface area contributed by atoms with Crippen LogP contribution in [0.1, 0.15) is 22.8 Å². The summed E-state index contributed by atoms with van der Waals surface area (Å²) < 4.78 is 31.5. The average molecular weight is 490 g/mol. The lowest BCUT2D eigenvalue weighted by Gasteiger charge is -2.17. The number of rotatable bonds is 8. The van der Waals surface area contributed by atoms with E-state index >= 15 is 0 Å². The lowest BCUT2D eigenvalue weighted by atomic mass is 10.1. The number of likely N-dealkylation sites (N-methyl/N-ethyl adjacent to an activating group) is 1. The highest BCUT2D eigenvalue weighted by Crippen LogP contribution is 2.38. The zero-order chi connectivity index (χ0) is 23.3. The van der Waals surface area contributed by atoms with Crippen molar-refractivity contribution < 1.29 is 22.7 Å². The van der Waals surface area contributed by atoms with Gasteiger partial charge in [-0.05, 0) is 42.6 Å². The molecule has 8 nitrogen and oxygen atoms in total. The number of nitrogens with one attached hydrogen (secondary N) is 1. The smallest absolute Gasteiger partial charge is 0.341 e. The van der Waals surface area contributed by atoms with Gasteiger partial charge in [-0.1, -0.05) is 6.07 Å². The molecule has 32 heavy (non-hydrogen) atoms. The molecule has 0 aliphatic carbocycles. The molecule has 0 saturated heterocycles. The molecular formula is C21H19N3O5S3. The number of esters is 1. The quantitative estimate of drug-likeness (QED) is 0.481. The lowest BCUT2D eigenvalue weighted by Crippen LogP contribution is -2.35. The Hall–Kier alpha value is -3.04. The standard InChI is InChI=1S/C21H19N3O5S3/c1-3-29-21(26)19-16(17-5-4-10-30-17)13-31-20(19)23-18(25)12-24(2)32(27,28)15-8-6-14(11-22)7-9-15/h4-10,13H,3,12H2,1-2H3,(H,23,25). The van der Waals surface area contributed by atoms with E-state index < -0.39 is 28.4 Å². The van der Waals surface area contributed by atoms with Crippen molar-refractivity contribution in [2.75, 3.05) is 25.5 Å². The number of anilines is 1. The minimum Gasteiger partial charge on any atom is -0.462 e. The van der Waals surface area contributed by atoms with Gasteiger partial charge in [0, 0.05) is 22.9 Å². The highest BCUT2D eigenvalue weighted by atomic mass is 32.2. The maximum Gasteiger partial charge on any atom is 0.341 e. The van der Waals surface area contributed by atoms with Crippen LogP contribution in [0.3, 0.4) is 0 Å². The Morgan fingerprint density at radius 3 is 2.50 bits per heavy atom. The Labute approximate surface area is 193 Å². The first-order chi connectivity index (χ1) is 15.3. The maximum atomic E-state index is 12.7. The summed E-state index contributed by atoms with van der Waals surface area (Å²) in [5, 5.41) is 15.4. The molecule has 0 saturated carbocycles. The monoisotopic (exact) mass is 489 g/mol. The number of carbonyl (C=O) groups excluding carboxylic acids is 2. The molecule has 1 N–H and O–H groups in total. The van der Waals surface area contributed by atoms with Crippen LogP contribution in [0, 0.1) is 11.3 Å². The van der Waals surface area contributed by atoms with E-state index in [0.29, 0.717) is 16.1 Å². The van der Waals surface area contributed by atoms with E-state index in [4.69, 9.17) is 10.00 Å². The first-order valence-corrected chi connectivity index (χ1v) is 12.6. The highest BCUT2D eigenvalue weighted by molar-refractivity contribution is 7.89. The fourth-order valence-corrected chi connectivity index (χ4v) is 5.72. The van der Waals surface area contributed by atoms with Gasteiger partial charge in [0.2, 0.25) is 15.9 Å². The molecule has 0 atom stereocenters. The van der Waals surface area contributed by atoms with Gasteiger partial charge >= 0.3 is 5.97 Å². The molecule has 0 fully saturated rings. The molecule has 0 aliphatic heterocycles. The Kier molecular flexibility index (Phi) is 7.42. The van der Waals surface area contributed by atoms with Gasteiger partial charge in [0.05, 0.1) is 29.7 Å². The van der Waals surface area contributed by atoms with Gasteiger partial charge in [-0.2, -0.15) is 9.57 Å². The van der Waals surface area contributed by atoms with E-state index in [0.717, 1.165) is 9.18 Å². The Balaban J connectivity index is 1.79. The maximum absolute atomic E-state index is 12.7. The minimum atomic E-state index is -3.94. The summed E-state index contributed by atoms with van der Waals surface area (Å²) in [6.07, 6.45) is 0. The van der Waals surface area contributed by atoms with Crippen molar-refractivity contribution >= 4 is 49.6 Å². The van der Waals surface area contributed by atoms with Crippen LogP contribution < -0.4 is 5.32 Å². The summed E-state index contributed by atoms with van der Waals surface area (Å²) in [6, 6.07) is 11.0. The molecule has 0 aliphatic rings. The minimum absolute atomic E-state index is 0.0323. The third-order valence-electron chi connectivity index (χ3n) is 4.37. The zero-order valence-electron chi connectivity index (χ0n) is 17.2. The van der Waals surface area contributed by atoms with Crippen LogP contribution in [0.25, 0.3) is 10.4 Å². The summed E-state index contributed by atoms with van der Waals surface area (Å²) in [4.78, 5) is 26.0. The van der Waals surface area contributed by atoms with Crippen LogP contribution >= 0.6 is 22.7 Å². The number of nitriles is 1. The van der Waals surface area contributed by atoms with Gasteiger partial charge in [-0.3, -0.25) is 4.79 Å². The van der Waals surface area contributed by atoms with Gasteiger partial charge in [0.25, 0.3) is 0 Å². The van der Waals surface area contributed by atoms with Crippen molar-refractivity contribution in [1.29, 1.82) is 5.26 Å². The number of carbonyl (C=O) groups is 2. The fourth-order valence-electron chi connectivity index (χ4n) is 2.80. The van der Waals surface area contributed by atoms with Crippen LogP contribution in [-0.2, 0) is 19.6 Å². The van der Waals surface area contributed by atoms with E-state index in [-0.39, 0.29) is 17.1 Å². The molecule has 2 heterocycles. The number of amides is 1. The summed E-state index contributed by atoms with van der Waals surface area (Å²) >= 11 is 2.62. The largest absolute Gasteiger partial charge is 0.462 e. The van der Waals surface area contributed by atoms with Crippen LogP contribution in [-0.4, -0.2) is 44.8 Å². The van der Waals surface area contributed by atoms with Crippen molar-refractivity contribution in [3.05, 3.63) is 58.3 Å². The second-order valence-corrected chi connectivity index (χ2v) is 10.4. The number of ether oxygens (including phenoxy) is 1. The van der Waals surface area contributed by atoms with Crippen LogP contribution in [0.15, 0.2) is 52.1 Å². The molecule has 166 valence electrons. The van der Waals surface area contributed by atoms with E-state index in [1.54, 1.807) is 12.3 Å². The van der Waals surface area contributed by atoms with Crippen molar-refractivity contribution in [2.24, 2.45) is 0 Å². The van der Waals surface area contributed by atoms with Crippen molar-refractivity contribution in [3.8, 4) is 16.5 Å². The molecule has 1 amide bonds. The molecule has 3 aromatic rings. The normalized spacial score (nSPS) is 11.2. The molecule has 0 radical (unpaired) electrons. The van der Waals surface area contributed by atoms with E-state index in [9.17, 15) is 18.0 Å². The zero-order valence-corrected chi connectivity index (χ0v) is 19.6. The molecule has 3 rings (SSSR count). The molecular weight excluding hydrogens is 470 g/mol. The molecule has 1 aromatic carbocycles. The van der Waals surface area contributed by atoms with Crippen LogP contribution in [0.4, 0.5) is 5.00 Å². The number of benzene rings is 1. The first-order valence-electron chi connectivity index (χ1n) is 9.36. The van der Waals surface area contributed by atoms with Crippen LogP contribution in [0.5, 0.6) is 0 Å². The average Bonchev–Trinajstić information content (AvgIpc) is 3.43. The predicted octanol–water partition coefficient (Wildman–Crippen LogP) is 3.78. The van der Waals surface area contributed by atoms with Gasteiger partial charge in [0.1, 0.15) is 10.6 Å². The molecule has 0 bridgehead atoms. The van der Waals surface area contributed by atoms with E-state index in [1.165, 1.54) is 54.0 Å². The summed E-state index contributed by atoms with van der Waals surface area (Å²) in [5.41, 5.74) is 1.22. The number of sulfonamides is 1. The second-order valence-electron chi connectivity index (χ2n) is 6.50. The first kappa shape index (κ1) is 23.6. The molecule has 11 heteroatoms. The van der Waals surface area contributed by atoms with Crippen molar-refractivity contribution in [1.82, 2.24) is 4.31 Å². The number of thiophene rings is 2. The summed E-state index contributed by atoms with van der Waals surface area (Å²) in [6.45, 7) is 1.41. The SMILES string of the molecule is CCOC(=O)c1c(-c2cccs2)csc1NC(=O)CN(C)S(=O)(=O)c1ccc(C#N)cc1. The molecule has 0 spiro atoms. The van der Waals surface area contributed by atoms with Gasteiger partial charge in [0.15, 0.2) is 0 Å². The second kappa shape index (κ2) is 10.1. The van der Waals surface area contributed by atoms with Crippen LogP contribution in [0.2, 0.25) is 0 Å². The van der Waals surface area contributed by atoms with Gasteiger partial charge in [-0.25, -0.2) is 13.2 Å². The summed E-state index contributed by atoms with van der Waals surface area (Å²) in [7, 11) is -2.66. The number of hydrogen-bond donors (Lipinski definition) is 1. The number of nitrogens with zero attached hydrogens (tertiary/aromatic N) is 2. The predicted molar refractivity (Wildman–Crippen MR) is 123 cm³/mol. The van der Waals surface area contributed by atoms with E-state index in [2.05, 4.69) is 5.32 Å². The van der Waals surface area contributed by atoms with Crippen molar-refractivity contribution in [2.45, 2.75) is 11.8 Å². The Morgan fingerprint density at radius 1 is 1.19 bits per heavy atom. The van der Waals surface area contributed by atoms with Gasteiger partial charge in [-0.15, -0.1) is 22.7 Å². The third-order valence-corrected chi connectivity index (χ3v) is 7.98. The summed E-state index contributed by atoms with van der Waals surface area (Å²) in [5.74, 6) is -1.17. The Morgan fingerprint density at radius 2 is 1.91 bits per heavy atom. The highest BCUT2D eigenvalue weighted by Gasteiger charge is 2.26. The van der Waals surface area contributed by atoms with Gasteiger partial charge < -0.3 is 10.1 Å². The Bertz CT molecular complexity index is 1260. The topological polar surface area (TPSA) is 117 Å². The number of hydrogen-bond acceptors (Lipinski definition) is 8. The van der Waals surface area contributed by atoms with Crippen molar-refractivity contribution in [3.63, 3.8) is 0 Å². The molecule has 2 aromatic heterocycles.